The Balaban J connectivity index is 1.81. The molecule has 1 unspecified atom stereocenters. The summed E-state index contributed by atoms with van der Waals surface area (Å²) in [6.45, 7) is 0. The van der Waals surface area contributed by atoms with E-state index in [0.29, 0.717) is 11.5 Å². The van der Waals surface area contributed by atoms with Gasteiger partial charge in [0.2, 0.25) is 5.91 Å². The van der Waals surface area contributed by atoms with Gasteiger partial charge in [0.1, 0.15) is 17.1 Å². The highest BCUT2D eigenvalue weighted by atomic mass is 32.2. The minimum absolute atomic E-state index is 0.104. The van der Waals surface area contributed by atoms with E-state index in [1.54, 1.807) is 12.4 Å². The number of aliphatic carboxylic acids is 1. The third-order valence-electron chi connectivity index (χ3n) is 3.35. The Kier molecular flexibility index (Phi) is 3.92. The van der Waals surface area contributed by atoms with Crippen molar-refractivity contribution in [1.29, 1.82) is 0 Å². The lowest BCUT2D eigenvalue weighted by atomic mass is 10.0. The van der Waals surface area contributed by atoms with Gasteiger partial charge in [0.25, 0.3) is 0 Å². The van der Waals surface area contributed by atoms with Crippen molar-refractivity contribution < 1.29 is 14.7 Å². The van der Waals surface area contributed by atoms with E-state index >= 15 is 0 Å². The predicted molar refractivity (Wildman–Crippen MR) is 80.7 cm³/mol. The second kappa shape index (κ2) is 5.70. The summed E-state index contributed by atoms with van der Waals surface area (Å²) in [7, 11) is 0. The van der Waals surface area contributed by atoms with Crippen LogP contribution in [0.5, 0.6) is 0 Å². The number of pyridine rings is 1. The fourth-order valence-electron chi connectivity index (χ4n) is 2.30. The number of carbonyl (C=O) groups excluding carboxylic acids is 1. The van der Waals surface area contributed by atoms with Crippen LogP contribution in [0, 0.1) is 0 Å². The average Bonchev–Trinajstić information content (AvgIpc) is 2.52. The highest BCUT2D eigenvalue weighted by Gasteiger charge is 2.51. The van der Waals surface area contributed by atoms with Crippen LogP contribution in [-0.4, -0.2) is 49.8 Å². The number of carbonyl (C=O) groups is 2. The monoisotopic (exact) mass is 323 g/mol. The molecule has 8 heteroatoms. The van der Waals surface area contributed by atoms with Crippen molar-refractivity contribution in [1.82, 2.24) is 9.88 Å². The number of hydrogen-bond acceptors (Lipinski definition) is 6. The van der Waals surface area contributed by atoms with Crippen molar-refractivity contribution in [3.63, 3.8) is 0 Å². The number of rotatable bonds is 4. The van der Waals surface area contributed by atoms with Gasteiger partial charge in [-0.15, -0.1) is 23.5 Å². The Labute approximate surface area is 129 Å². The first-order valence-corrected chi connectivity index (χ1v) is 8.31. The molecule has 0 radical (unpaired) electrons. The number of aromatic nitrogens is 1. The van der Waals surface area contributed by atoms with E-state index in [1.807, 2.05) is 12.1 Å². The lowest BCUT2D eigenvalue weighted by Gasteiger charge is -2.48. The van der Waals surface area contributed by atoms with E-state index in [0.717, 1.165) is 10.5 Å². The minimum atomic E-state index is -1.06. The fourth-order valence-corrected chi connectivity index (χ4v) is 4.61. The number of carboxylic acids is 1. The molecule has 3 rings (SSSR count). The van der Waals surface area contributed by atoms with Crippen LogP contribution in [0.1, 0.15) is 0 Å². The van der Waals surface area contributed by atoms with Gasteiger partial charge in [-0.3, -0.25) is 14.7 Å². The van der Waals surface area contributed by atoms with E-state index in [4.69, 9.17) is 5.73 Å². The van der Waals surface area contributed by atoms with Crippen molar-refractivity contribution in [3.8, 4) is 0 Å². The van der Waals surface area contributed by atoms with Crippen molar-refractivity contribution in [3.05, 3.63) is 35.8 Å². The number of hydrogen-bond donors (Lipinski definition) is 2. The number of thioether (sulfide) groups is 2. The van der Waals surface area contributed by atoms with Crippen LogP contribution < -0.4 is 5.73 Å². The molecule has 6 nitrogen and oxygen atoms in total. The molecule has 0 bridgehead atoms. The summed E-state index contributed by atoms with van der Waals surface area (Å²) in [4.78, 5) is 29.6. The van der Waals surface area contributed by atoms with Gasteiger partial charge in [-0.05, 0) is 17.7 Å². The summed E-state index contributed by atoms with van der Waals surface area (Å²) in [5.74, 6) is -0.256. The summed E-state index contributed by atoms with van der Waals surface area (Å²) in [6, 6.07) is 3.16. The van der Waals surface area contributed by atoms with Gasteiger partial charge in [-0.25, -0.2) is 4.79 Å². The predicted octanol–water partition coefficient (Wildman–Crippen LogP) is 0.755. The topological polar surface area (TPSA) is 96.5 Å². The lowest BCUT2D eigenvalue weighted by molar-refractivity contribution is -0.147. The molecule has 0 aliphatic carbocycles. The zero-order chi connectivity index (χ0) is 15.0. The molecule has 0 saturated carbocycles. The summed E-state index contributed by atoms with van der Waals surface area (Å²) in [5.41, 5.74) is 6.57. The highest BCUT2D eigenvalue weighted by Crippen LogP contribution is 2.40. The van der Waals surface area contributed by atoms with E-state index in [2.05, 4.69) is 4.98 Å². The molecule has 2 aliphatic heterocycles. The second-order valence-electron chi connectivity index (χ2n) is 4.66. The summed E-state index contributed by atoms with van der Waals surface area (Å²) >= 11 is 3.06. The maximum Gasteiger partial charge on any atom is 0.352 e. The zero-order valence-electron chi connectivity index (χ0n) is 10.9. The number of β-lactam (4-membered cyclic amide) rings is 1. The Morgan fingerprint density at radius 1 is 1.52 bits per heavy atom. The van der Waals surface area contributed by atoms with Gasteiger partial charge in [0, 0.05) is 28.8 Å². The van der Waals surface area contributed by atoms with Gasteiger partial charge < -0.3 is 10.8 Å². The van der Waals surface area contributed by atoms with E-state index in [1.165, 1.54) is 28.4 Å². The SMILES string of the molecule is NC1C(=O)N2C(C(=O)O)=C(CSc3ccncc3)CS[C@H]12. The number of carboxylic acid groups (broad SMARTS) is 1. The quantitative estimate of drug-likeness (QED) is 0.623. The highest BCUT2D eigenvalue weighted by molar-refractivity contribution is 8.01. The Morgan fingerprint density at radius 2 is 2.24 bits per heavy atom. The van der Waals surface area contributed by atoms with Crippen LogP contribution in [0.3, 0.4) is 0 Å². The minimum Gasteiger partial charge on any atom is -0.477 e. The molecule has 0 spiro atoms. The standard InChI is InChI=1S/C13H13N3O3S2/c14-9-11(17)16-10(13(18)19)7(6-21-12(9)16)5-20-8-1-3-15-4-2-8/h1-4,9,12H,5-6,14H2,(H,18,19)/t9?,12-/m1/s1. The third-order valence-corrected chi connectivity index (χ3v) is 5.81. The molecule has 0 aromatic carbocycles. The van der Waals surface area contributed by atoms with Crippen LogP contribution in [0.4, 0.5) is 0 Å². The maximum absolute atomic E-state index is 11.8. The molecule has 21 heavy (non-hydrogen) atoms. The number of fused-ring (bicyclic) bond motifs is 1. The Bertz CT molecular complexity index is 620. The summed E-state index contributed by atoms with van der Waals surface area (Å²) in [6.07, 6.45) is 3.39. The van der Waals surface area contributed by atoms with Crippen LogP contribution in [0.2, 0.25) is 0 Å². The molecule has 1 aromatic rings. The van der Waals surface area contributed by atoms with Crippen LogP contribution >= 0.6 is 23.5 Å². The van der Waals surface area contributed by atoms with Gasteiger partial charge in [0.15, 0.2) is 0 Å². The summed E-state index contributed by atoms with van der Waals surface area (Å²) < 4.78 is 0. The van der Waals surface area contributed by atoms with Crippen molar-refractivity contribution in [2.45, 2.75) is 16.3 Å². The molecule has 2 aliphatic rings. The van der Waals surface area contributed by atoms with Crippen LogP contribution in [-0.2, 0) is 9.59 Å². The van der Waals surface area contributed by atoms with Crippen molar-refractivity contribution >= 4 is 35.4 Å². The first-order chi connectivity index (χ1) is 10.1. The van der Waals surface area contributed by atoms with Crippen LogP contribution in [0.25, 0.3) is 0 Å². The third kappa shape index (κ3) is 2.54. The van der Waals surface area contributed by atoms with Gasteiger partial charge in [-0.2, -0.15) is 0 Å². The molecule has 3 N–H and O–H groups in total. The smallest absolute Gasteiger partial charge is 0.352 e. The van der Waals surface area contributed by atoms with E-state index < -0.39 is 12.0 Å². The summed E-state index contributed by atoms with van der Waals surface area (Å²) in [5, 5.41) is 9.17. The van der Waals surface area contributed by atoms with Crippen molar-refractivity contribution in [2.24, 2.45) is 5.73 Å². The lowest BCUT2D eigenvalue weighted by Crippen LogP contribution is -2.68. The zero-order valence-corrected chi connectivity index (χ0v) is 12.6. The van der Waals surface area contributed by atoms with Gasteiger partial charge >= 0.3 is 5.97 Å². The fraction of sp³-hybridized carbons (Fsp3) is 0.308. The van der Waals surface area contributed by atoms with Gasteiger partial charge in [0.05, 0.1) is 0 Å². The van der Waals surface area contributed by atoms with E-state index in [-0.39, 0.29) is 17.0 Å². The molecule has 2 atom stereocenters. The van der Waals surface area contributed by atoms with E-state index in [9.17, 15) is 14.7 Å². The molecule has 1 amide bonds. The molecule has 1 saturated heterocycles. The first kappa shape index (κ1) is 14.4. The van der Waals surface area contributed by atoms with Crippen molar-refractivity contribution in [2.75, 3.05) is 11.5 Å². The average molecular weight is 323 g/mol. The Hall–Kier alpha value is -1.51. The molecule has 1 fully saturated rings. The van der Waals surface area contributed by atoms with Gasteiger partial charge in [-0.1, -0.05) is 0 Å². The Morgan fingerprint density at radius 3 is 2.90 bits per heavy atom. The number of nitrogens with two attached hydrogens (primary N) is 1. The maximum atomic E-state index is 11.8. The largest absolute Gasteiger partial charge is 0.477 e. The first-order valence-electron chi connectivity index (χ1n) is 6.28. The number of amides is 1. The molecule has 3 heterocycles. The normalized spacial score (nSPS) is 24.6. The van der Waals surface area contributed by atoms with Crippen LogP contribution in [0.15, 0.2) is 40.7 Å². The molecular weight excluding hydrogens is 310 g/mol. The second-order valence-corrected chi connectivity index (χ2v) is 6.82. The number of nitrogens with zero attached hydrogens (tertiary/aromatic N) is 2. The molecule has 1 aromatic heterocycles. The molecular formula is C13H13N3O3S2. The molecule has 110 valence electrons.